The summed E-state index contributed by atoms with van der Waals surface area (Å²) in [6.07, 6.45) is 1.72. The van der Waals surface area contributed by atoms with Crippen LogP contribution in [0.5, 0.6) is 5.88 Å². The van der Waals surface area contributed by atoms with Gasteiger partial charge in [0.05, 0.1) is 7.11 Å². The lowest BCUT2D eigenvalue weighted by atomic mass is 10.2. The summed E-state index contributed by atoms with van der Waals surface area (Å²) in [5.41, 5.74) is 1.00. The molecule has 1 aromatic heterocycles. The monoisotopic (exact) mass is 449 g/mol. The minimum atomic E-state index is 0. The van der Waals surface area contributed by atoms with Crippen LogP contribution in [0.15, 0.2) is 23.3 Å². The first kappa shape index (κ1) is 22.9. The summed E-state index contributed by atoms with van der Waals surface area (Å²) >= 11 is 0. The molecule has 138 valence electrons. The third-order valence-corrected chi connectivity index (χ3v) is 3.70. The number of aliphatic imine (C=N–C) groups is 1. The summed E-state index contributed by atoms with van der Waals surface area (Å²) in [5, 5.41) is 6.65. The van der Waals surface area contributed by atoms with Gasteiger partial charge in [-0.1, -0.05) is 6.07 Å². The SMILES string of the molecule is CN=C(NCCN(C(C)C)C(C)C)NCc1cccnc1OC.I. The molecule has 0 aliphatic rings. The molecule has 0 saturated heterocycles. The van der Waals surface area contributed by atoms with E-state index in [2.05, 4.69) is 53.2 Å². The first-order chi connectivity index (χ1) is 11.0. The maximum atomic E-state index is 5.26. The van der Waals surface area contributed by atoms with E-state index in [-0.39, 0.29) is 24.0 Å². The van der Waals surface area contributed by atoms with E-state index in [1.54, 1.807) is 20.4 Å². The second-order valence-corrected chi connectivity index (χ2v) is 5.95. The zero-order valence-corrected chi connectivity index (χ0v) is 18.0. The van der Waals surface area contributed by atoms with E-state index in [1.165, 1.54) is 0 Å². The molecular formula is C17H32IN5O. The second-order valence-electron chi connectivity index (χ2n) is 5.95. The molecule has 0 fully saturated rings. The Morgan fingerprint density at radius 1 is 1.25 bits per heavy atom. The van der Waals surface area contributed by atoms with E-state index < -0.39 is 0 Å². The predicted octanol–water partition coefficient (Wildman–Crippen LogP) is 2.49. The third kappa shape index (κ3) is 7.65. The molecule has 0 unspecified atom stereocenters. The molecule has 1 aromatic rings. The Morgan fingerprint density at radius 3 is 2.46 bits per heavy atom. The molecule has 2 N–H and O–H groups in total. The van der Waals surface area contributed by atoms with Crippen LogP contribution in [0.1, 0.15) is 33.3 Å². The highest BCUT2D eigenvalue weighted by Crippen LogP contribution is 2.12. The first-order valence-corrected chi connectivity index (χ1v) is 8.17. The summed E-state index contributed by atoms with van der Waals surface area (Å²) in [6.45, 7) is 11.3. The standard InChI is InChI=1S/C17H31N5O.HI/c1-13(2)22(14(3)4)11-10-20-17(18-5)21-12-15-8-7-9-19-16(15)23-6;/h7-9,13-14H,10-12H2,1-6H3,(H2,18,20,21);1H. The van der Waals surface area contributed by atoms with Crippen LogP contribution in [-0.2, 0) is 6.54 Å². The average molecular weight is 449 g/mol. The molecule has 0 aliphatic carbocycles. The smallest absolute Gasteiger partial charge is 0.218 e. The van der Waals surface area contributed by atoms with E-state index >= 15 is 0 Å². The molecule has 1 rings (SSSR count). The maximum Gasteiger partial charge on any atom is 0.218 e. The number of aromatic nitrogens is 1. The molecule has 0 aliphatic heterocycles. The molecule has 0 amide bonds. The van der Waals surface area contributed by atoms with Gasteiger partial charge < -0.3 is 15.4 Å². The van der Waals surface area contributed by atoms with Crippen molar-refractivity contribution in [2.45, 2.75) is 46.3 Å². The number of methoxy groups -OCH3 is 1. The fourth-order valence-electron chi connectivity index (χ4n) is 2.56. The number of halogens is 1. The molecular weight excluding hydrogens is 417 g/mol. The molecule has 7 heteroatoms. The fraction of sp³-hybridized carbons (Fsp3) is 0.647. The lowest BCUT2D eigenvalue weighted by Crippen LogP contribution is -2.45. The highest BCUT2D eigenvalue weighted by Gasteiger charge is 2.12. The van der Waals surface area contributed by atoms with Gasteiger partial charge in [-0.3, -0.25) is 9.89 Å². The van der Waals surface area contributed by atoms with Crippen molar-refractivity contribution < 1.29 is 4.74 Å². The lowest BCUT2D eigenvalue weighted by Gasteiger charge is -2.30. The summed E-state index contributed by atoms with van der Waals surface area (Å²) < 4.78 is 5.26. The number of ether oxygens (including phenoxy) is 1. The van der Waals surface area contributed by atoms with Crippen molar-refractivity contribution in [1.82, 2.24) is 20.5 Å². The van der Waals surface area contributed by atoms with Crippen LogP contribution in [0, 0.1) is 0 Å². The van der Waals surface area contributed by atoms with Crippen LogP contribution in [0.3, 0.4) is 0 Å². The van der Waals surface area contributed by atoms with Gasteiger partial charge in [-0.2, -0.15) is 0 Å². The van der Waals surface area contributed by atoms with E-state index in [4.69, 9.17) is 4.74 Å². The van der Waals surface area contributed by atoms with Gasteiger partial charge in [-0.05, 0) is 33.8 Å². The van der Waals surface area contributed by atoms with Crippen molar-refractivity contribution in [2.24, 2.45) is 4.99 Å². The minimum absolute atomic E-state index is 0. The number of nitrogens with zero attached hydrogens (tertiary/aromatic N) is 3. The minimum Gasteiger partial charge on any atom is -0.481 e. The first-order valence-electron chi connectivity index (χ1n) is 8.17. The fourth-order valence-corrected chi connectivity index (χ4v) is 2.56. The van der Waals surface area contributed by atoms with Gasteiger partial charge in [0.25, 0.3) is 0 Å². The van der Waals surface area contributed by atoms with Gasteiger partial charge in [0.15, 0.2) is 5.96 Å². The molecule has 0 bridgehead atoms. The normalized spacial score (nSPS) is 11.6. The van der Waals surface area contributed by atoms with Crippen LogP contribution in [0.2, 0.25) is 0 Å². The highest BCUT2D eigenvalue weighted by atomic mass is 127. The van der Waals surface area contributed by atoms with Crippen LogP contribution in [0.25, 0.3) is 0 Å². The van der Waals surface area contributed by atoms with Gasteiger partial charge in [0, 0.05) is 50.5 Å². The predicted molar refractivity (Wildman–Crippen MR) is 111 cm³/mol. The number of nitrogens with one attached hydrogen (secondary N) is 2. The van der Waals surface area contributed by atoms with E-state index in [1.807, 2.05) is 12.1 Å². The molecule has 24 heavy (non-hydrogen) atoms. The highest BCUT2D eigenvalue weighted by molar-refractivity contribution is 14.0. The van der Waals surface area contributed by atoms with Crippen molar-refractivity contribution in [3.05, 3.63) is 23.9 Å². The van der Waals surface area contributed by atoms with Crippen molar-refractivity contribution >= 4 is 29.9 Å². The lowest BCUT2D eigenvalue weighted by molar-refractivity contribution is 0.178. The van der Waals surface area contributed by atoms with E-state index in [0.717, 1.165) is 24.6 Å². The van der Waals surface area contributed by atoms with Gasteiger partial charge >= 0.3 is 0 Å². The molecule has 0 aromatic carbocycles. The number of guanidine groups is 1. The van der Waals surface area contributed by atoms with Crippen molar-refractivity contribution in [2.75, 3.05) is 27.2 Å². The second kappa shape index (κ2) is 12.3. The Labute approximate surface area is 163 Å². The Balaban J connectivity index is 0.00000529. The van der Waals surface area contributed by atoms with Crippen molar-refractivity contribution in [1.29, 1.82) is 0 Å². The molecule has 0 radical (unpaired) electrons. The van der Waals surface area contributed by atoms with Crippen LogP contribution in [-0.4, -0.2) is 55.2 Å². The van der Waals surface area contributed by atoms with Crippen LogP contribution in [0.4, 0.5) is 0 Å². The largest absolute Gasteiger partial charge is 0.481 e. The average Bonchev–Trinajstić information content (AvgIpc) is 2.53. The van der Waals surface area contributed by atoms with Gasteiger partial charge in [0.1, 0.15) is 0 Å². The summed E-state index contributed by atoms with van der Waals surface area (Å²) in [5.74, 6) is 1.42. The summed E-state index contributed by atoms with van der Waals surface area (Å²) in [7, 11) is 3.41. The Hall–Kier alpha value is -1.09. The Morgan fingerprint density at radius 2 is 1.92 bits per heavy atom. The molecule has 6 nitrogen and oxygen atoms in total. The van der Waals surface area contributed by atoms with Crippen molar-refractivity contribution in [3.63, 3.8) is 0 Å². The van der Waals surface area contributed by atoms with Crippen LogP contribution < -0.4 is 15.4 Å². The maximum absolute atomic E-state index is 5.26. The Bertz CT molecular complexity index is 486. The molecule has 0 spiro atoms. The van der Waals surface area contributed by atoms with Gasteiger partial charge in [-0.15, -0.1) is 24.0 Å². The van der Waals surface area contributed by atoms with E-state index in [0.29, 0.717) is 24.5 Å². The number of hydrogen-bond donors (Lipinski definition) is 2. The number of pyridine rings is 1. The van der Waals surface area contributed by atoms with Crippen molar-refractivity contribution in [3.8, 4) is 5.88 Å². The van der Waals surface area contributed by atoms with Crippen LogP contribution >= 0.6 is 24.0 Å². The third-order valence-electron chi connectivity index (χ3n) is 3.70. The number of hydrogen-bond acceptors (Lipinski definition) is 4. The van der Waals surface area contributed by atoms with Gasteiger partial charge in [-0.25, -0.2) is 4.98 Å². The number of rotatable bonds is 8. The topological polar surface area (TPSA) is 61.8 Å². The van der Waals surface area contributed by atoms with E-state index in [9.17, 15) is 0 Å². The zero-order valence-electron chi connectivity index (χ0n) is 15.7. The molecule has 1 heterocycles. The summed E-state index contributed by atoms with van der Waals surface area (Å²) in [6, 6.07) is 4.96. The zero-order chi connectivity index (χ0) is 17.2. The van der Waals surface area contributed by atoms with Gasteiger partial charge in [0.2, 0.25) is 5.88 Å². The Kier molecular flexibility index (Phi) is 11.7. The summed E-state index contributed by atoms with van der Waals surface area (Å²) in [4.78, 5) is 10.9. The quantitative estimate of drug-likeness (QED) is 0.363. The molecule has 0 atom stereocenters. The molecule has 0 saturated carbocycles.